The highest BCUT2D eigenvalue weighted by Gasteiger charge is 2.09. The Labute approximate surface area is 136 Å². The van der Waals surface area contributed by atoms with Crippen LogP contribution in [0.2, 0.25) is 5.02 Å². The van der Waals surface area contributed by atoms with Gasteiger partial charge in [0.15, 0.2) is 17.3 Å². The molecule has 1 N–H and O–H groups in total. The van der Waals surface area contributed by atoms with Gasteiger partial charge in [0.2, 0.25) is 0 Å². The van der Waals surface area contributed by atoms with Crippen LogP contribution in [0.15, 0.2) is 42.5 Å². The third kappa shape index (κ3) is 3.87. The minimum atomic E-state index is -0.533. The van der Waals surface area contributed by atoms with Crippen LogP contribution in [-0.4, -0.2) is 22.9 Å². The maximum absolute atomic E-state index is 12.0. The van der Waals surface area contributed by atoms with Gasteiger partial charge in [0.1, 0.15) is 0 Å². The van der Waals surface area contributed by atoms with Crippen molar-refractivity contribution in [1.82, 2.24) is 0 Å². The molecule has 0 unspecified atom stereocenters. The van der Waals surface area contributed by atoms with Crippen molar-refractivity contribution < 1.29 is 19.6 Å². The molecule has 2 aromatic rings. The number of hydrogen-bond donors (Lipinski definition) is 1. The molecule has 0 aromatic heterocycles. The monoisotopic (exact) mass is 333 g/mol. The first-order chi connectivity index (χ1) is 10.9. The standard InChI is InChI=1S/C16H12ClNO5/c1-23-15-9-10(8-13(17)16(15)20)2-7-14(19)11-3-5-12(6-4-11)18(21)22/h2-9,20H,1H3/b7-2+. The average molecular weight is 334 g/mol. The van der Waals surface area contributed by atoms with Gasteiger partial charge in [0.25, 0.3) is 5.69 Å². The fourth-order valence-corrected chi connectivity index (χ4v) is 2.08. The summed E-state index contributed by atoms with van der Waals surface area (Å²) in [6, 6.07) is 8.31. The van der Waals surface area contributed by atoms with Crippen LogP contribution < -0.4 is 4.74 Å². The quantitative estimate of drug-likeness (QED) is 0.388. The van der Waals surface area contributed by atoms with E-state index in [-0.39, 0.29) is 28.0 Å². The molecule has 0 aliphatic carbocycles. The molecule has 0 spiro atoms. The molecule has 2 rings (SSSR count). The van der Waals surface area contributed by atoms with Crippen LogP contribution >= 0.6 is 11.6 Å². The molecule has 23 heavy (non-hydrogen) atoms. The van der Waals surface area contributed by atoms with E-state index in [4.69, 9.17) is 16.3 Å². The maximum Gasteiger partial charge on any atom is 0.269 e. The number of nitro benzene ring substituents is 1. The molecule has 0 aliphatic rings. The highest BCUT2D eigenvalue weighted by atomic mass is 35.5. The molecule has 0 bridgehead atoms. The summed E-state index contributed by atoms with van der Waals surface area (Å²) in [5, 5.41) is 20.3. The number of halogens is 1. The Hall–Kier alpha value is -2.86. The van der Waals surface area contributed by atoms with Crippen LogP contribution in [0.4, 0.5) is 5.69 Å². The number of methoxy groups -OCH3 is 1. The summed E-state index contributed by atoms with van der Waals surface area (Å²) in [4.78, 5) is 22.1. The Bertz CT molecular complexity index is 784. The number of aromatic hydroxyl groups is 1. The predicted molar refractivity (Wildman–Crippen MR) is 86.1 cm³/mol. The summed E-state index contributed by atoms with van der Waals surface area (Å²) in [5.74, 6) is -0.295. The van der Waals surface area contributed by atoms with Crippen LogP contribution in [0.5, 0.6) is 11.5 Å². The molecular weight excluding hydrogens is 322 g/mol. The van der Waals surface area contributed by atoms with E-state index >= 15 is 0 Å². The van der Waals surface area contributed by atoms with Crippen LogP contribution in [0, 0.1) is 10.1 Å². The van der Waals surface area contributed by atoms with Gasteiger partial charge in [0, 0.05) is 17.7 Å². The van der Waals surface area contributed by atoms with E-state index in [1.54, 1.807) is 0 Å². The number of allylic oxidation sites excluding steroid dienone is 1. The first-order valence-electron chi connectivity index (χ1n) is 6.45. The lowest BCUT2D eigenvalue weighted by Crippen LogP contribution is -1.95. The Balaban J connectivity index is 2.21. The Morgan fingerprint density at radius 3 is 2.52 bits per heavy atom. The number of ketones is 1. The van der Waals surface area contributed by atoms with E-state index in [1.807, 2.05) is 0 Å². The van der Waals surface area contributed by atoms with Crippen molar-refractivity contribution in [2.45, 2.75) is 0 Å². The molecule has 0 saturated carbocycles. The van der Waals surface area contributed by atoms with E-state index in [2.05, 4.69) is 0 Å². The van der Waals surface area contributed by atoms with E-state index in [0.717, 1.165) is 0 Å². The van der Waals surface area contributed by atoms with E-state index in [1.165, 1.54) is 55.7 Å². The van der Waals surface area contributed by atoms with Gasteiger partial charge < -0.3 is 9.84 Å². The molecule has 0 radical (unpaired) electrons. The van der Waals surface area contributed by atoms with E-state index in [9.17, 15) is 20.0 Å². The summed E-state index contributed by atoms with van der Waals surface area (Å²) in [7, 11) is 1.39. The summed E-state index contributed by atoms with van der Waals surface area (Å²) in [5.41, 5.74) is 0.809. The normalized spacial score (nSPS) is 10.7. The Kier molecular flexibility index (Phi) is 4.98. The van der Waals surface area contributed by atoms with Gasteiger partial charge in [-0.25, -0.2) is 0 Å². The molecule has 0 heterocycles. The molecule has 7 heteroatoms. The number of non-ortho nitro benzene ring substituents is 1. The second kappa shape index (κ2) is 6.93. The van der Waals surface area contributed by atoms with E-state index in [0.29, 0.717) is 11.1 Å². The van der Waals surface area contributed by atoms with Gasteiger partial charge in [-0.3, -0.25) is 14.9 Å². The van der Waals surface area contributed by atoms with Crippen molar-refractivity contribution in [3.05, 3.63) is 68.7 Å². The minimum absolute atomic E-state index is 0.0828. The van der Waals surface area contributed by atoms with Crippen LogP contribution in [-0.2, 0) is 0 Å². The molecule has 6 nitrogen and oxygen atoms in total. The first kappa shape index (κ1) is 16.5. The lowest BCUT2D eigenvalue weighted by Gasteiger charge is -2.06. The zero-order valence-corrected chi connectivity index (χ0v) is 12.8. The van der Waals surface area contributed by atoms with Crippen LogP contribution in [0.25, 0.3) is 6.08 Å². The van der Waals surface area contributed by atoms with E-state index < -0.39 is 4.92 Å². The maximum atomic E-state index is 12.0. The number of phenolic OH excluding ortho intramolecular Hbond substituents is 1. The van der Waals surface area contributed by atoms with Gasteiger partial charge >= 0.3 is 0 Å². The summed E-state index contributed by atoms with van der Waals surface area (Å²) in [6.07, 6.45) is 2.82. The van der Waals surface area contributed by atoms with Gasteiger partial charge in [-0.2, -0.15) is 0 Å². The number of ether oxygens (including phenoxy) is 1. The third-order valence-electron chi connectivity index (χ3n) is 3.06. The fraction of sp³-hybridized carbons (Fsp3) is 0.0625. The predicted octanol–water partition coefficient (Wildman–Crippen LogP) is 3.86. The summed E-state index contributed by atoms with van der Waals surface area (Å²) < 4.78 is 4.98. The van der Waals surface area contributed by atoms with Crippen molar-refractivity contribution in [3.63, 3.8) is 0 Å². The van der Waals surface area contributed by atoms with Gasteiger partial charge in [-0.15, -0.1) is 0 Å². The fourth-order valence-electron chi connectivity index (χ4n) is 1.86. The third-order valence-corrected chi connectivity index (χ3v) is 3.35. The van der Waals surface area contributed by atoms with Crippen molar-refractivity contribution in [1.29, 1.82) is 0 Å². The molecule has 2 aromatic carbocycles. The number of benzene rings is 2. The molecular formula is C16H12ClNO5. The number of nitrogens with zero attached hydrogens (tertiary/aromatic N) is 1. The highest BCUT2D eigenvalue weighted by Crippen LogP contribution is 2.35. The molecule has 0 fully saturated rings. The zero-order valence-electron chi connectivity index (χ0n) is 12.0. The number of carbonyl (C=O) groups excluding carboxylic acids is 1. The Morgan fingerprint density at radius 2 is 1.96 bits per heavy atom. The summed E-state index contributed by atoms with van der Waals surface area (Å²) in [6.45, 7) is 0. The second-order valence-electron chi connectivity index (χ2n) is 4.56. The number of rotatable bonds is 5. The van der Waals surface area contributed by atoms with Gasteiger partial charge in [-0.1, -0.05) is 17.7 Å². The van der Waals surface area contributed by atoms with Crippen molar-refractivity contribution >= 4 is 29.1 Å². The molecule has 118 valence electrons. The largest absolute Gasteiger partial charge is 0.503 e. The number of nitro groups is 1. The van der Waals surface area contributed by atoms with Crippen LogP contribution in [0.1, 0.15) is 15.9 Å². The molecule has 0 amide bonds. The minimum Gasteiger partial charge on any atom is -0.503 e. The van der Waals surface area contributed by atoms with Crippen molar-refractivity contribution in [2.75, 3.05) is 7.11 Å². The average Bonchev–Trinajstić information content (AvgIpc) is 2.55. The molecule has 0 aliphatic heterocycles. The number of carbonyl (C=O) groups is 1. The molecule has 0 atom stereocenters. The zero-order chi connectivity index (χ0) is 17.0. The SMILES string of the molecule is COc1cc(/C=C/C(=O)c2ccc([N+](=O)[O-])cc2)cc(Cl)c1O. The number of phenols is 1. The second-order valence-corrected chi connectivity index (χ2v) is 4.96. The summed E-state index contributed by atoms with van der Waals surface area (Å²) >= 11 is 5.86. The van der Waals surface area contributed by atoms with Gasteiger partial charge in [-0.05, 0) is 35.9 Å². The smallest absolute Gasteiger partial charge is 0.269 e. The Morgan fingerprint density at radius 1 is 1.30 bits per heavy atom. The van der Waals surface area contributed by atoms with Crippen molar-refractivity contribution in [2.24, 2.45) is 0 Å². The topological polar surface area (TPSA) is 89.7 Å². The number of hydrogen-bond acceptors (Lipinski definition) is 5. The van der Waals surface area contributed by atoms with Gasteiger partial charge in [0.05, 0.1) is 17.1 Å². The van der Waals surface area contributed by atoms with Crippen LogP contribution in [0.3, 0.4) is 0 Å². The molecule has 0 saturated heterocycles. The highest BCUT2D eigenvalue weighted by molar-refractivity contribution is 6.32. The lowest BCUT2D eigenvalue weighted by atomic mass is 10.1. The van der Waals surface area contributed by atoms with Crippen molar-refractivity contribution in [3.8, 4) is 11.5 Å². The first-order valence-corrected chi connectivity index (χ1v) is 6.83. The lowest BCUT2D eigenvalue weighted by molar-refractivity contribution is -0.384.